The molecule has 9 heteroatoms. The molecule has 1 atom stereocenters. The maximum Gasteiger partial charge on any atom is 0.350 e. The van der Waals surface area contributed by atoms with Crippen LogP contribution < -0.4 is 11.2 Å². The van der Waals surface area contributed by atoms with E-state index in [2.05, 4.69) is 4.98 Å². The van der Waals surface area contributed by atoms with Crippen LogP contribution in [0.2, 0.25) is 0 Å². The van der Waals surface area contributed by atoms with Gasteiger partial charge >= 0.3 is 13.3 Å². The van der Waals surface area contributed by atoms with Gasteiger partial charge < -0.3 is 14.5 Å². The molecule has 0 spiro atoms. The molecule has 1 aromatic heterocycles. The van der Waals surface area contributed by atoms with Gasteiger partial charge in [-0.15, -0.1) is 0 Å². The molecular weight excluding hydrogens is 323 g/mol. The van der Waals surface area contributed by atoms with E-state index in [-0.39, 0.29) is 6.54 Å². The first-order valence-corrected chi connectivity index (χ1v) is 8.61. The van der Waals surface area contributed by atoms with Crippen LogP contribution in [0.3, 0.4) is 0 Å². The molecular formula is C14H17N2O6P. The van der Waals surface area contributed by atoms with Crippen molar-refractivity contribution in [1.82, 2.24) is 9.55 Å². The van der Waals surface area contributed by atoms with E-state index in [1.54, 1.807) is 31.2 Å². The van der Waals surface area contributed by atoms with Crippen molar-refractivity contribution < 1.29 is 19.1 Å². The Labute approximate surface area is 131 Å². The standard InChI is InChI=1S/C14H17N2O6P/c1-10(22-9-23(19,20)21)7-16-8-12(13(17)15-14(16)18)11-5-3-2-4-6-11/h2-6,8,10H,7,9H2,1H3,(H,15,17,18)(H2,19,20,21)/t10-/m1/s1. The molecule has 0 aliphatic carbocycles. The molecule has 0 radical (unpaired) electrons. The summed E-state index contributed by atoms with van der Waals surface area (Å²) in [5.74, 6) is 0. The monoisotopic (exact) mass is 340 g/mol. The Morgan fingerprint density at radius 3 is 2.52 bits per heavy atom. The zero-order chi connectivity index (χ0) is 17.0. The zero-order valence-corrected chi connectivity index (χ0v) is 13.3. The van der Waals surface area contributed by atoms with Gasteiger partial charge in [0.1, 0.15) is 6.35 Å². The number of benzene rings is 1. The van der Waals surface area contributed by atoms with E-state index in [4.69, 9.17) is 14.5 Å². The smallest absolute Gasteiger partial charge is 0.350 e. The lowest BCUT2D eigenvalue weighted by Gasteiger charge is -2.15. The van der Waals surface area contributed by atoms with Gasteiger partial charge in [0.05, 0.1) is 18.2 Å². The molecule has 2 aromatic rings. The number of nitrogens with zero attached hydrogens (tertiary/aromatic N) is 1. The fourth-order valence-corrected chi connectivity index (χ4v) is 2.47. The van der Waals surface area contributed by atoms with E-state index in [0.29, 0.717) is 11.1 Å². The molecule has 0 bridgehead atoms. The highest BCUT2D eigenvalue weighted by molar-refractivity contribution is 7.51. The third-order valence-corrected chi connectivity index (χ3v) is 3.56. The minimum absolute atomic E-state index is 0.0510. The first kappa shape index (κ1) is 17.4. The van der Waals surface area contributed by atoms with Crippen LogP contribution in [0, 0.1) is 0 Å². The predicted octanol–water partition coefficient (Wildman–Crippen LogP) is 0.744. The Balaban J connectivity index is 2.25. The highest BCUT2D eigenvalue weighted by atomic mass is 31.2. The number of aromatic nitrogens is 2. The van der Waals surface area contributed by atoms with E-state index < -0.39 is 31.3 Å². The second-order valence-electron chi connectivity index (χ2n) is 5.09. The van der Waals surface area contributed by atoms with Gasteiger partial charge in [-0.1, -0.05) is 30.3 Å². The highest BCUT2D eigenvalue weighted by Crippen LogP contribution is 2.34. The van der Waals surface area contributed by atoms with Crippen LogP contribution in [-0.2, 0) is 15.8 Å². The van der Waals surface area contributed by atoms with Crippen LogP contribution in [0.4, 0.5) is 0 Å². The number of hydrogen-bond donors (Lipinski definition) is 3. The van der Waals surface area contributed by atoms with E-state index in [9.17, 15) is 14.2 Å². The molecule has 1 aromatic carbocycles. The second-order valence-corrected chi connectivity index (χ2v) is 6.68. The van der Waals surface area contributed by atoms with E-state index in [0.717, 1.165) is 0 Å². The lowest BCUT2D eigenvalue weighted by molar-refractivity contribution is 0.0747. The minimum atomic E-state index is -4.27. The SMILES string of the molecule is C[C@H](Cn1cc(-c2ccccc2)c(=O)[nH]c1=O)OCP(=O)(O)O. The van der Waals surface area contributed by atoms with Crippen molar-refractivity contribution in [2.75, 3.05) is 6.35 Å². The first-order chi connectivity index (χ1) is 10.8. The topological polar surface area (TPSA) is 122 Å². The number of ether oxygens (including phenoxy) is 1. The van der Waals surface area contributed by atoms with Crippen LogP contribution >= 0.6 is 7.60 Å². The molecule has 0 aliphatic heterocycles. The summed E-state index contributed by atoms with van der Waals surface area (Å²) in [5.41, 5.74) is -0.124. The summed E-state index contributed by atoms with van der Waals surface area (Å²) in [5, 5.41) is 0. The van der Waals surface area contributed by atoms with Gasteiger partial charge in [0.2, 0.25) is 0 Å². The quantitative estimate of drug-likeness (QED) is 0.667. The van der Waals surface area contributed by atoms with E-state index >= 15 is 0 Å². The molecule has 8 nitrogen and oxygen atoms in total. The van der Waals surface area contributed by atoms with Crippen LogP contribution in [0.25, 0.3) is 11.1 Å². The molecule has 0 fully saturated rings. The van der Waals surface area contributed by atoms with E-state index in [1.165, 1.54) is 10.8 Å². The van der Waals surface area contributed by atoms with Gasteiger partial charge in [-0.25, -0.2) is 4.79 Å². The number of nitrogens with one attached hydrogen (secondary N) is 1. The Kier molecular flexibility index (Phi) is 5.33. The van der Waals surface area contributed by atoms with Gasteiger partial charge in [0.25, 0.3) is 5.56 Å². The summed E-state index contributed by atoms with van der Waals surface area (Å²) in [6.07, 6.45) is 0.0703. The molecule has 124 valence electrons. The lowest BCUT2D eigenvalue weighted by Crippen LogP contribution is -2.33. The maximum absolute atomic E-state index is 11.9. The Bertz CT molecular complexity index is 823. The molecule has 1 heterocycles. The number of hydrogen-bond acceptors (Lipinski definition) is 4. The third kappa shape index (κ3) is 5.01. The molecule has 0 aliphatic rings. The van der Waals surface area contributed by atoms with Crippen LogP contribution in [0.1, 0.15) is 6.92 Å². The maximum atomic E-state index is 11.9. The van der Waals surface area contributed by atoms with Crippen molar-refractivity contribution in [1.29, 1.82) is 0 Å². The molecule has 0 amide bonds. The fraction of sp³-hybridized carbons (Fsp3) is 0.286. The Morgan fingerprint density at radius 1 is 1.26 bits per heavy atom. The number of rotatable bonds is 6. The Hall–Kier alpha value is -1.99. The van der Waals surface area contributed by atoms with Crippen LogP contribution in [0.15, 0.2) is 46.1 Å². The lowest BCUT2D eigenvalue weighted by atomic mass is 10.1. The van der Waals surface area contributed by atoms with Crippen molar-refractivity contribution in [3.8, 4) is 11.1 Å². The van der Waals surface area contributed by atoms with Crippen LogP contribution in [0.5, 0.6) is 0 Å². The minimum Gasteiger partial charge on any atom is -0.364 e. The summed E-state index contributed by atoms with van der Waals surface area (Å²) in [6.45, 7) is 1.63. The average molecular weight is 340 g/mol. The highest BCUT2D eigenvalue weighted by Gasteiger charge is 2.16. The van der Waals surface area contributed by atoms with Crippen molar-refractivity contribution in [3.05, 3.63) is 57.4 Å². The largest absolute Gasteiger partial charge is 0.364 e. The van der Waals surface area contributed by atoms with Crippen molar-refractivity contribution in [3.63, 3.8) is 0 Å². The zero-order valence-electron chi connectivity index (χ0n) is 12.4. The van der Waals surface area contributed by atoms with Gasteiger partial charge in [-0.05, 0) is 12.5 Å². The van der Waals surface area contributed by atoms with Crippen molar-refractivity contribution >= 4 is 7.60 Å². The van der Waals surface area contributed by atoms with Gasteiger partial charge in [0, 0.05) is 6.20 Å². The van der Waals surface area contributed by atoms with Gasteiger partial charge in [0.15, 0.2) is 0 Å². The van der Waals surface area contributed by atoms with Crippen LogP contribution in [-0.4, -0.2) is 31.8 Å². The Morgan fingerprint density at radius 2 is 1.91 bits per heavy atom. The summed E-state index contributed by atoms with van der Waals surface area (Å²) < 4.78 is 17.1. The first-order valence-electron chi connectivity index (χ1n) is 6.81. The summed E-state index contributed by atoms with van der Waals surface area (Å²) >= 11 is 0. The molecule has 2 rings (SSSR count). The average Bonchev–Trinajstić information content (AvgIpc) is 2.48. The van der Waals surface area contributed by atoms with Crippen molar-refractivity contribution in [2.24, 2.45) is 0 Å². The molecule has 0 saturated carbocycles. The molecule has 23 heavy (non-hydrogen) atoms. The fourth-order valence-electron chi connectivity index (χ4n) is 2.02. The predicted molar refractivity (Wildman–Crippen MR) is 84.2 cm³/mol. The molecule has 3 N–H and O–H groups in total. The molecule has 0 unspecified atom stereocenters. The van der Waals surface area contributed by atoms with Gasteiger partial charge in [-0.3, -0.25) is 18.9 Å². The molecule has 0 saturated heterocycles. The summed E-state index contributed by atoms with van der Waals surface area (Å²) in [4.78, 5) is 43.6. The third-order valence-electron chi connectivity index (χ3n) is 3.08. The number of aromatic amines is 1. The summed E-state index contributed by atoms with van der Waals surface area (Å²) in [7, 11) is -4.27. The van der Waals surface area contributed by atoms with Crippen molar-refractivity contribution in [2.45, 2.75) is 19.6 Å². The normalized spacial score (nSPS) is 13.0. The summed E-state index contributed by atoms with van der Waals surface area (Å²) in [6, 6.07) is 8.85. The van der Waals surface area contributed by atoms with Gasteiger partial charge in [-0.2, -0.15) is 0 Å². The second kappa shape index (κ2) is 7.06. The van der Waals surface area contributed by atoms with E-state index in [1.807, 2.05) is 6.07 Å². The number of H-pyrrole nitrogens is 1.